The van der Waals surface area contributed by atoms with Gasteiger partial charge in [-0.3, -0.25) is 9.59 Å². The van der Waals surface area contributed by atoms with Crippen molar-refractivity contribution < 1.29 is 9.59 Å². The predicted molar refractivity (Wildman–Crippen MR) is 68.8 cm³/mol. The molecule has 1 aromatic carbocycles. The first-order valence-corrected chi connectivity index (χ1v) is 6.77. The molecule has 0 unspecified atom stereocenters. The minimum absolute atomic E-state index is 0.0397. The molecular formula is C14H16O2S. The molecule has 1 aromatic rings. The van der Waals surface area contributed by atoms with Gasteiger partial charge in [0.25, 0.3) is 0 Å². The Morgan fingerprint density at radius 1 is 1.29 bits per heavy atom. The monoisotopic (exact) mass is 248 g/mol. The number of thioether (sulfide) groups is 1. The normalized spacial score (nSPS) is 24.6. The lowest BCUT2D eigenvalue weighted by molar-refractivity contribution is -0.125. The molecule has 0 radical (unpaired) electrons. The lowest BCUT2D eigenvalue weighted by Crippen LogP contribution is -2.27. The van der Waals surface area contributed by atoms with Crippen LogP contribution in [0.25, 0.3) is 0 Å². The van der Waals surface area contributed by atoms with E-state index in [9.17, 15) is 9.59 Å². The van der Waals surface area contributed by atoms with Crippen LogP contribution in [0.15, 0.2) is 35.2 Å². The Bertz CT molecular complexity index is 413. The summed E-state index contributed by atoms with van der Waals surface area (Å²) >= 11 is 1.30. The summed E-state index contributed by atoms with van der Waals surface area (Å²) in [7, 11) is 0. The van der Waals surface area contributed by atoms with Crippen molar-refractivity contribution in [1.82, 2.24) is 0 Å². The lowest BCUT2D eigenvalue weighted by atomic mass is 9.80. The molecule has 1 aliphatic rings. The number of hydrogen-bond acceptors (Lipinski definition) is 3. The Labute approximate surface area is 106 Å². The Balaban J connectivity index is 1.98. The second kappa shape index (κ2) is 5.50. The summed E-state index contributed by atoms with van der Waals surface area (Å²) in [5.74, 6) is 0.532. The molecule has 0 N–H and O–H groups in total. The van der Waals surface area contributed by atoms with Gasteiger partial charge in [0.15, 0.2) is 5.12 Å². The average Bonchev–Trinajstić information content (AvgIpc) is 2.30. The molecular weight excluding hydrogens is 232 g/mol. The molecule has 0 spiro atoms. The van der Waals surface area contributed by atoms with Gasteiger partial charge in [-0.15, -0.1) is 0 Å². The van der Waals surface area contributed by atoms with Gasteiger partial charge in [0.1, 0.15) is 5.78 Å². The van der Waals surface area contributed by atoms with Crippen LogP contribution < -0.4 is 0 Å². The highest BCUT2D eigenvalue weighted by Crippen LogP contribution is 2.33. The standard InChI is InChI=1S/C14H16O2S/c1-10-9-11(15)7-8-13(10)14(16)17-12-5-3-2-4-6-12/h2-6,10,13H,7-9H2,1H3/t10-,13-/m0/s1. The minimum Gasteiger partial charge on any atom is -0.300 e. The molecule has 0 aliphatic heterocycles. The van der Waals surface area contributed by atoms with Gasteiger partial charge in [-0.1, -0.05) is 36.9 Å². The summed E-state index contributed by atoms with van der Waals surface area (Å²) < 4.78 is 0. The second-order valence-corrected chi connectivity index (χ2v) is 5.68. The first kappa shape index (κ1) is 12.4. The Kier molecular flexibility index (Phi) is 4.00. The molecule has 0 bridgehead atoms. The summed E-state index contributed by atoms with van der Waals surface area (Å²) in [6.45, 7) is 2.01. The molecule has 1 fully saturated rings. The summed E-state index contributed by atoms with van der Waals surface area (Å²) in [4.78, 5) is 24.4. The maximum Gasteiger partial charge on any atom is 0.197 e. The minimum atomic E-state index is 0.0397. The maximum atomic E-state index is 12.1. The molecule has 2 atom stereocenters. The van der Waals surface area contributed by atoms with Gasteiger partial charge >= 0.3 is 0 Å². The van der Waals surface area contributed by atoms with Crippen LogP contribution in [-0.4, -0.2) is 10.9 Å². The van der Waals surface area contributed by atoms with Gasteiger partial charge in [-0.25, -0.2) is 0 Å². The molecule has 1 saturated carbocycles. The lowest BCUT2D eigenvalue weighted by Gasteiger charge is -2.26. The van der Waals surface area contributed by atoms with E-state index in [4.69, 9.17) is 0 Å². The third-order valence-corrected chi connectivity index (χ3v) is 4.25. The van der Waals surface area contributed by atoms with Gasteiger partial charge in [0.2, 0.25) is 0 Å². The van der Waals surface area contributed by atoms with Gasteiger partial charge in [-0.05, 0) is 24.5 Å². The van der Waals surface area contributed by atoms with Crippen molar-refractivity contribution in [3.8, 4) is 0 Å². The quantitative estimate of drug-likeness (QED) is 0.753. The van der Waals surface area contributed by atoms with Crippen LogP contribution in [0, 0.1) is 11.8 Å². The number of Topliss-reactive ketones (excluding diaryl/α,β-unsaturated/α-hetero) is 1. The van der Waals surface area contributed by atoms with Crippen molar-refractivity contribution in [2.75, 3.05) is 0 Å². The zero-order valence-electron chi connectivity index (χ0n) is 9.89. The fourth-order valence-electron chi connectivity index (χ4n) is 2.23. The van der Waals surface area contributed by atoms with Crippen molar-refractivity contribution in [3.05, 3.63) is 30.3 Å². The van der Waals surface area contributed by atoms with E-state index in [1.807, 2.05) is 37.3 Å². The van der Waals surface area contributed by atoms with E-state index in [1.54, 1.807) is 0 Å². The van der Waals surface area contributed by atoms with E-state index in [1.165, 1.54) is 11.8 Å². The molecule has 2 rings (SSSR count). The highest BCUT2D eigenvalue weighted by Gasteiger charge is 2.31. The topological polar surface area (TPSA) is 34.1 Å². The van der Waals surface area contributed by atoms with Crippen LogP contribution >= 0.6 is 11.8 Å². The van der Waals surface area contributed by atoms with Crippen molar-refractivity contribution in [1.29, 1.82) is 0 Å². The molecule has 2 nitrogen and oxygen atoms in total. The smallest absolute Gasteiger partial charge is 0.197 e. The van der Waals surface area contributed by atoms with E-state index >= 15 is 0 Å². The van der Waals surface area contributed by atoms with Gasteiger partial charge < -0.3 is 0 Å². The third kappa shape index (κ3) is 3.19. The number of hydrogen-bond donors (Lipinski definition) is 0. The maximum absolute atomic E-state index is 12.1. The van der Waals surface area contributed by atoms with Crippen LogP contribution in [0.3, 0.4) is 0 Å². The third-order valence-electron chi connectivity index (χ3n) is 3.24. The zero-order valence-corrected chi connectivity index (χ0v) is 10.7. The second-order valence-electron chi connectivity index (χ2n) is 4.60. The van der Waals surface area contributed by atoms with E-state index < -0.39 is 0 Å². The number of rotatable bonds is 2. The largest absolute Gasteiger partial charge is 0.300 e. The van der Waals surface area contributed by atoms with Crippen LogP contribution in [0.2, 0.25) is 0 Å². The molecule has 0 heterocycles. The average molecular weight is 248 g/mol. The highest BCUT2D eigenvalue weighted by molar-refractivity contribution is 8.13. The van der Waals surface area contributed by atoms with E-state index in [2.05, 4.69) is 0 Å². The first-order valence-electron chi connectivity index (χ1n) is 5.95. The first-order chi connectivity index (χ1) is 8.16. The van der Waals surface area contributed by atoms with Gasteiger partial charge in [0, 0.05) is 23.7 Å². The Hall–Kier alpha value is -1.09. The number of ketones is 1. The van der Waals surface area contributed by atoms with E-state index in [0.29, 0.717) is 18.6 Å². The van der Waals surface area contributed by atoms with Crippen molar-refractivity contribution in [2.24, 2.45) is 11.8 Å². The van der Waals surface area contributed by atoms with Crippen LogP contribution in [0.5, 0.6) is 0 Å². The van der Waals surface area contributed by atoms with E-state index in [0.717, 1.165) is 11.3 Å². The van der Waals surface area contributed by atoms with Crippen LogP contribution in [-0.2, 0) is 9.59 Å². The number of carbonyl (C=O) groups excluding carboxylic acids is 2. The number of benzene rings is 1. The molecule has 0 saturated heterocycles. The molecule has 17 heavy (non-hydrogen) atoms. The summed E-state index contributed by atoms with van der Waals surface area (Å²) in [6.07, 6.45) is 1.85. The zero-order chi connectivity index (χ0) is 12.3. The van der Waals surface area contributed by atoms with Crippen LogP contribution in [0.4, 0.5) is 0 Å². The van der Waals surface area contributed by atoms with E-state index in [-0.39, 0.29) is 17.0 Å². The van der Waals surface area contributed by atoms with Crippen LogP contribution in [0.1, 0.15) is 26.2 Å². The fraction of sp³-hybridized carbons (Fsp3) is 0.429. The van der Waals surface area contributed by atoms with Crippen molar-refractivity contribution in [2.45, 2.75) is 31.1 Å². The van der Waals surface area contributed by atoms with Gasteiger partial charge in [0.05, 0.1) is 0 Å². The summed E-state index contributed by atoms with van der Waals surface area (Å²) in [5.41, 5.74) is 0. The Morgan fingerprint density at radius 3 is 2.65 bits per heavy atom. The van der Waals surface area contributed by atoms with Gasteiger partial charge in [-0.2, -0.15) is 0 Å². The number of carbonyl (C=O) groups is 2. The molecule has 90 valence electrons. The van der Waals surface area contributed by atoms with Crippen molar-refractivity contribution >= 4 is 22.7 Å². The summed E-state index contributed by atoms with van der Waals surface area (Å²) in [5, 5.41) is 0.205. The molecule has 0 amide bonds. The molecule has 0 aromatic heterocycles. The molecule has 3 heteroatoms. The summed E-state index contributed by atoms with van der Waals surface area (Å²) in [6, 6.07) is 9.70. The highest BCUT2D eigenvalue weighted by atomic mass is 32.2. The van der Waals surface area contributed by atoms with Crippen molar-refractivity contribution in [3.63, 3.8) is 0 Å². The molecule has 1 aliphatic carbocycles. The fourth-order valence-corrected chi connectivity index (χ4v) is 3.26. The Morgan fingerprint density at radius 2 is 2.00 bits per heavy atom. The SMILES string of the molecule is C[C@H]1CC(=O)CC[C@@H]1C(=O)Sc1ccccc1. The predicted octanol–water partition coefficient (Wildman–Crippen LogP) is 3.31.